The average Bonchev–Trinajstić information content (AvgIpc) is 3.33. The first-order valence-corrected chi connectivity index (χ1v) is 14.0. The molecule has 2 fully saturated rings. The summed E-state index contributed by atoms with van der Waals surface area (Å²) in [6, 6.07) is 13.3. The second kappa shape index (κ2) is 9.15. The van der Waals surface area contributed by atoms with E-state index in [9.17, 15) is 0 Å². The number of benzene rings is 2. The molecule has 2 aromatic carbocycles. The van der Waals surface area contributed by atoms with Gasteiger partial charge in [-0.2, -0.15) is 0 Å². The van der Waals surface area contributed by atoms with E-state index in [-0.39, 0.29) is 36.6 Å². The van der Waals surface area contributed by atoms with E-state index in [4.69, 9.17) is 18.6 Å². The van der Waals surface area contributed by atoms with Gasteiger partial charge in [-0.1, -0.05) is 50.5 Å². The molecule has 0 atom stereocenters. The van der Waals surface area contributed by atoms with Crippen molar-refractivity contribution in [2.24, 2.45) is 0 Å². The number of hydrogen-bond donors (Lipinski definition) is 0. The molecular weight excluding hydrogens is 460 g/mol. The smallest absolute Gasteiger partial charge is 0.399 e. The molecular formula is C30H43B2NO4. The molecule has 3 aromatic rings. The van der Waals surface area contributed by atoms with Crippen molar-refractivity contribution in [3.8, 4) is 0 Å². The van der Waals surface area contributed by atoms with Crippen LogP contribution in [0.3, 0.4) is 0 Å². The van der Waals surface area contributed by atoms with Crippen LogP contribution in [0.4, 0.5) is 0 Å². The molecule has 7 heteroatoms. The summed E-state index contributed by atoms with van der Waals surface area (Å²) in [6.45, 7) is 20.1. The average molecular weight is 503 g/mol. The third kappa shape index (κ3) is 4.56. The SMILES string of the molecule is CCCCCCn1c2cc(B3OC(C)(C)C(C)(C)O3)ccc2c2ccc(B3OC(C)(C)C(C)(C)O3)cc21. The van der Waals surface area contributed by atoms with Gasteiger partial charge in [-0.25, -0.2) is 0 Å². The number of unbranched alkanes of at least 4 members (excludes halogenated alkanes) is 3. The first kappa shape index (κ1) is 26.8. The van der Waals surface area contributed by atoms with Gasteiger partial charge < -0.3 is 23.2 Å². The highest BCUT2D eigenvalue weighted by Gasteiger charge is 2.52. The van der Waals surface area contributed by atoms with Crippen molar-refractivity contribution in [3.63, 3.8) is 0 Å². The Kier molecular flexibility index (Phi) is 6.63. The van der Waals surface area contributed by atoms with Crippen molar-refractivity contribution in [2.75, 3.05) is 0 Å². The van der Waals surface area contributed by atoms with E-state index in [1.165, 1.54) is 41.1 Å². The summed E-state index contributed by atoms with van der Waals surface area (Å²) in [6.07, 6.45) is 4.86. The fourth-order valence-corrected chi connectivity index (χ4v) is 5.32. The lowest BCUT2D eigenvalue weighted by Crippen LogP contribution is -2.41. The second-order valence-electron chi connectivity index (χ2n) is 12.9. The van der Waals surface area contributed by atoms with Crippen LogP contribution in [0.2, 0.25) is 0 Å². The Hall–Kier alpha value is -1.79. The lowest BCUT2D eigenvalue weighted by atomic mass is 9.78. The fourth-order valence-electron chi connectivity index (χ4n) is 5.32. The Morgan fingerprint density at radius 1 is 0.595 bits per heavy atom. The third-order valence-corrected chi connectivity index (χ3v) is 9.20. The van der Waals surface area contributed by atoms with Gasteiger partial charge in [0, 0.05) is 28.4 Å². The maximum absolute atomic E-state index is 6.39. The molecule has 37 heavy (non-hydrogen) atoms. The van der Waals surface area contributed by atoms with E-state index in [1.807, 2.05) is 0 Å². The van der Waals surface area contributed by atoms with Crippen LogP contribution in [0.15, 0.2) is 36.4 Å². The van der Waals surface area contributed by atoms with Crippen molar-refractivity contribution in [3.05, 3.63) is 36.4 Å². The normalized spacial score (nSPS) is 22.0. The molecule has 0 radical (unpaired) electrons. The highest BCUT2D eigenvalue weighted by atomic mass is 16.7. The number of fused-ring (bicyclic) bond motifs is 3. The first-order valence-electron chi connectivity index (χ1n) is 14.0. The number of rotatable bonds is 7. The van der Waals surface area contributed by atoms with Crippen LogP contribution < -0.4 is 10.9 Å². The van der Waals surface area contributed by atoms with Gasteiger partial charge in [-0.05, 0) is 84.9 Å². The monoisotopic (exact) mass is 503 g/mol. The van der Waals surface area contributed by atoms with Crippen LogP contribution in [0.1, 0.15) is 88.0 Å². The second-order valence-corrected chi connectivity index (χ2v) is 12.9. The van der Waals surface area contributed by atoms with E-state index < -0.39 is 0 Å². The van der Waals surface area contributed by atoms with Gasteiger partial charge in [0.15, 0.2) is 0 Å². The Balaban J connectivity index is 1.57. The molecule has 0 saturated carbocycles. The summed E-state index contributed by atoms with van der Waals surface area (Å²) in [5.74, 6) is 0. The van der Waals surface area contributed by atoms with Crippen LogP contribution >= 0.6 is 0 Å². The molecule has 0 unspecified atom stereocenters. The van der Waals surface area contributed by atoms with E-state index in [0.29, 0.717) is 0 Å². The van der Waals surface area contributed by atoms with Crippen molar-refractivity contribution in [1.82, 2.24) is 4.57 Å². The number of aryl methyl sites for hydroxylation is 1. The Morgan fingerprint density at radius 2 is 1.00 bits per heavy atom. The number of aromatic nitrogens is 1. The molecule has 0 spiro atoms. The maximum atomic E-state index is 6.39. The minimum Gasteiger partial charge on any atom is -0.399 e. The van der Waals surface area contributed by atoms with Crippen molar-refractivity contribution in [1.29, 1.82) is 0 Å². The molecule has 198 valence electrons. The van der Waals surface area contributed by atoms with Gasteiger partial charge in [0.25, 0.3) is 0 Å². The highest BCUT2D eigenvalue weighted by Crippen LogP contribution is 2.38. The zero-order valence-electron chi connectivity index (χ0n) is 24.2. The molecule has 2 aliphatic rings. The largest absolute Gasteiger partial charge is 0.494 e. The molecule has 5 rings (SSSR count). The van der Waals surface area contributed by atoms with Crippen LogP contribution in [0, 0.1) is 0 Å². The molecule has 0 N–H and O–H groups in total. The summed E-state index contributed by atoms with van der Waals surface area (Å²) in [5, 5.41) is 2.51. The molecule has 2 aliphatic heterocycles. The molecule has 0 amide bonds. The van der Waals surface area contributed by atoms with Crippen LogP contribution in [0.25, 0.3) is 21.8 Å². The van der Waals surface area contributed by atoms with Crippen LogP contribution in [-0.4, -0.2) is 41.2 Å². The van der Waals surface area contributed by atoms with Gasteiger partial charge in [-0.3, -0.25) is 0 Å². The third-order valence-electron chi connectivity index (χ3n) is 9.20. The lowest BCUT2D eigenvalue weighted by Gasteiger charge is -2.32. The topological polar surface area (TPSA) is 41.9 Å². The Bertz CT molecular complexity index is 1180. The number of hydrogen-bond acceptors (Lipinski definition) is 4. The fraction of sp³-hybridized carbons (Fsp3) is 0.600. The molecule has 0 bridgehead atoms. The zero-order valence-corrected chi connectivity index (χ0v) is 24.2. The van der Waals surface area contributed by atoms with Crippen LogP contribution in [-0.2, 0) is 25.2 Å². The quantitative estimate of drug-likeness (QED) is 0.294. The molecule has 2 saturated heterocycles. The minimum atomic E-state index is -0.374. The van der Waals surface area contributed by atoms with Gasteiger partial charge in [0.2, 0.25) is 0 Å². The minimum absolute atomic E-state index is 0.364. The van der Waals surface area contributed by atoms with Crippen LogP contribution in [0.5, 0.6) is 0 Å². The van der Waals surface area contributed by atoms with Gasteiger partial charge >= 0.3 is 14.2 Å². The first-order chi connectivity index (χ1) is 17.3. The van der Waals surface area contributed by atoms with Crippen molar-refractivity contribution >= 4 is 47.0 Å². The van der Waals surface area contributed by atoms with Gasteiger partial charge in [0.05, 0.1) is 22.4 Å². The molecule has 3 heterocycles. The Labute approximate surface area is 223 Å². The summed E-state index contributed by atoms with van der Waals surface area (Å²) in [5.41, 5.74) is 3.13. The van der Waals surface area contributed by atoms with Crippen molar-refractivity contribution in [2.45, 2.75) is 117 Å². The summed E-state index contributed by atoms with van der Waals surface area (Å²) in [7, 11) is -0.748. The van der Waals surface area contributed by atoms with E-state index >= 15 is 0 Å². The predicted octanol–water partition coefficient (Wildman–Crippen LogP) is 5.97. The Morgan fingerprint density at radius 3 is 1.38 bits per heavy atom. The van der Waals surface area contributed by atoms with E-state index in [1.54, 1.807) is 0 Å². The highest BCUT2D eigenvalue weighted by molar-refractivity contribution is 6.63. The predicted molar refractivity (Wildman–Crippen MR) is 155 cm³/mol. The van der Waals surface area contributed by atoms with Crippen molar-refractivity contribution < 1.29 is 18.6 Å². The van der Waals surface area contributed by atoms with E-state index in [2.05, 4.69) is 103 Å². The maximum Gasteiger partial charge on any atom is 0.494 e. The zero-order chi connectivity index (χ0) is 26.8. The summed E-state index contributed by atoms with van der Waals surface area (Å²) < 4.78 is 28.0. The molecule has 5 nitrogen and oxygen atoms in total. The summed E-state index contributed by atoms with van der Waals surface area (Å²) >= 11 is 0. The standard InChI is InChI=1S/C30H43B2NO4/c1-10-11-12-13-18-33-25-19-21(31-34-27(2,3)28(4,5)35-31)14-16-23(25)24-17-15-22(20-26(24)33)32-36-29(6,7)30(8,9)37-32/h14-17,19-20H,10-13,18H2,1-9H3. The number of nitrogens with zero attached hydrogens (tertiary/aromatic N) is 1. The summed E-state index contributed by atoms with van der Waals surface area (Å²) in [4.78, 5) is 0. The van der Waals surface area contributed by atoms with Gasteiger partial charge in [0.1, 0.15) is 0 Å². The molecule has 1 aromatic heterocycles. The molecule has 0 aliphatic carbocycles. The van der Waals surface area contributed by atoms with Gasteiger partial charge in [-0.15, -0.1) is 0 Å². The lowest BCUT2D eigenvalue weighted by molar-refractivity contribution is 0.00578. The van der Waals surface area contributed by atoms with E-state index in [0.717, 1.165) is 23.9 Å².